The van der Waals surface area contributed by atoms with Gasteiger partial charge in [-0.25, -0.2) is 4.79 Å². The Morgan fingerprint density at radius 1 is 0.955 bits per heavy atom. The van der Waals surface area contributed by atoms with Crippen molar-refractivity contribution in [2.45, 2.75) is 19.4 Å². The van der Waals surface area contributed by atoms with Crippen LogP contribution >= 0.6 is 0 Å². The lowest BCUT2D eigenvalue weighted by Crippen LogP contribution is -2.58. The summed E-state index contributed by atoms with van der Waals surface area (Å²) in [6.07, 6.45) is 0.495. The molecule has 0 bridgehead atoms. The first kappa shape index (κ1) is 21.4. The number of hydrogen-bond acceptors (Lipinski definition) is 8. The third-order valence-corrected chi connectivity index (χ3v) is 8.82. The molecule has 10 heteroatoms. The van der Waals surface area contributed by atoms with E-state index in [1.165, 1.54) is 35.5 Å². The average Bonchev–Trinajstić information content (AvgIpc) is 2.55. The average molecular weight is 355 g/mol. The molecule has 0 radical (unpaired) electrons. The van der Waals surface area contributed by atoms with Crippen LogP contribution in [0.3, 0.4) is 0 Å². The van der Waals surface area contributed by atoms with Gasteiger partial charge in [0, 0.05) is 47.2 Å². The molecule has 0 atom stereocenters. The molecule has 0 saturated heterocycles. The summed E-state index contributed by atoms with van der Waals surface area (Å²) in [5.74, 6) is -0.433. The summed E-state index contributed by atoms with van der Waals surface area (Å²) in [6.45, 7) is 5.31. The number of carbonyl (C=O) groups excluding carboxylic acids is 1. The first-order valence-corrected chi connectivity index (χ1v) is 10.2. The Balaban J connectivity index is 4.68. The van der Waals surface area contributed by atoms with E-state index in [0.717, 1.165) is 0 Å². The lowest BCUT2D eigenvalue weighted by atomic mass is 10.4. The SMILES string of the molecule is C=C(C)C(=O)OCCC[Si](OC)(OC)O[Si](OC)(OC)OC. The maximum Gasteiger partial charge on any atom is 0.671 e. The molecule has 130 valence electrons. The summed E-state index contributed by atoms with van der Waals surface area (Å²) in [5.41, 5.74) is 0.350. The fourth-order valence-electron chi connectivity index (χ4n) is 1.56. The highest BCUT2D eigenvalue weighted by atomic mass is 28.5. The topological polar surface area (TPSA) is 81.7 Å². The summed E-state index contributed by atoms with van der Waals surface area (Å²) in [7, 11) is 0.878. The first-order chi connectivity index (χ1) is 10.3. The fraction of sp³-hybridized carbons (Fsp3) is 0.750. The molecule has 8 nitrogen and oxygen atoms in total. The lowest BCUT2D eigenvalue weighted by Gasteiger charge is -2.33. The van der Waals surface area contributed by atoms with Crippen molar-refractivity contribution < 1.29 is 35.8 Å². The van der Waals surface area contributed by atoms with E-state index in [2.05, 4.69) is 6.58 Å². The molecule has 0 amide bonds. The number of rotatable bonds is 12. The third-order valence-electron chi connectivity index (χ3n) is 2.86. The van der Waals surface area contributed by atoms with E-state index in [1.54, 1.807) is 6.92 Å². The van der Waals surface area contributed by atoms with Gasteiger partial charge in [0.1, 0.15) is 0 Å². The van der Waals surface area contributed by atoms with Gasteiger partial charge >= 0.3 is 23.8 Å². The lowest BCUT2D eigenvalue weighted by molar-refractivity contribution is -0.139. The van der Waals surface area contributed by atoms with Crippen molar-refractivity contribution >= 4 is 23.8 Å². The molecule has 22 heavy (non-hydrogen) atoms. The second-order valence-corrected chi connectivity index (χ2v) is 10.0. The second kappa shape index (κ2) is 10.2. The number of esters is 1. The van der Waals surface area contributed by atoms with Crippen LogP contribution < -0.4 is 0 Å². The molecule has 0 rings (SSSR count). The van der Waals surface area contributed by atoms with Gasteiger partial charge in [0.2, 0.25) is 0 Å². The Kier molecular flexibility index (Phi) is 9.95. The molecule has 0 saturated carbocycles. The summed E-state index contributed by atoms with van der Waals surface area (Å²) >= 11 is 0. The van der Waals surface area contributed by atoms with Gasteiger partial charge < -0.3 is 31.0 Å². The number of hydrogen-bond donors (Lipinski definition) is 0. The number of ether oxygens (including phenoxy) is 1. The van der Waals surface area contributed by atoms with Crippen LogP contribution in [0.4, 0.5) is 0 Å². The largest absolute Gasteiger partial charge is 0.671 e. The van der Waals surface area contributed by atoms with Gasteiger partial charge in [0.25, 0.3) is 0 Å². The zero-order valence-electron chi connectivity index (χ0n) is 14.1. The van der Waals surface area contributed by atoms with Gasteiger partial charge in [-0.15, -0.1) is 0 Å². The molecule has 0 fully saturated rings. The van der Waals surface area contributed by atoms with Crippen LogP contribution in [0, 0.1) is 0 Å². The van der Waals surface area contributed by atoms with Gasteiger partial charge in [0.05, 0.1) is 6.61 Å². The van der Waals surface area contributed by atoms with Crippen LogP contribution in [0.2, 0.25) is 6.04 Å². The van der Waals surface area contributed by atoms with Gasteiger partial charge in [-0.1, -0.05) is 6.58 Å². The highest BCUT2D eigenvalue weighted by Gasteiger charge is 2.54. The molecule has 0 N–H and O–H groups in total. The predicted molar refractivity (Wildman–Crippen MR) is 82.8 cm³/mol. The summed E-state index contributed by atoms with van der Waals surface area (Å²) in [6, 6.07) is 0.411. The molecular formula is C12H26O8Si2. The Labute approximate surface area is 134 Å². The van der Waals surface area contributed by atoms with E-state index < -0.39 is 23.8 Å². The van der Waals surface area contributed by atoms with E-state index in [0.29, 0.717) is 18.0 Å². The quantitative estimate of drug-likeness (QED) is 0.223. The fourth-order valence-corrected chi connectivity index (χ4v) is 6.81. The summed E-state index contributed by atoms with van der Waals surface area (Å²) in [4.78, 5) is 11.3. The van der Waals surface area contributed by atoms with Crippen molar-refractivity contribution in [3.8, 4) is 0 Å². The van der Waals surface area contributed by atoms with Crippen molar-refractivity contribution in [3.63, 3.8) is 0 Å². The molecule has 0 aromatic heterocycles. The predicted octanol–water partition coefficient (Wildman–Crippen LogP) is 1.12. The molecule has 0 heterocycles. The van der Waals surface area contributed by atoms with Crippen molar-refractivity contribution in [2.75, 3.05) is 42.2 Å². The van der Waals surface area contributed by atoms with Gasteiger partial charge in [-0.05, 0) is 13.3 Å². The minimum absolute atomic E-state index is 0.206. The van der Waals surface area contributed by atoms with Crippen molar-refractivity contribution in [1.82, 2.24) is 0 Å². The molecule has 0 aliphatic carbocycles. The highest BCUT2D eigenvalue weighted by molar-refractivity contribution is 6.72. The van der Waals surface area contributed by atoms with Crippen LogP contribution in [0.5, 0.6) is 0 Å². The van der Waals surface area contributed by atoms with Crippen molar-refractivity contribution in [2.24, 2.45) is 0 Å². The van der Waals surface area contributed by atoms with Crippen LogP contribution in [0.25, 0.3) is 0 Å². The molecule has 0 aliphatic heterocycles. The van der Waals surface area contributed by atoms with Gasteiger partial charge in [-0.2, -0.15) is 0 Å². The first-order valence-electron chi connectivity index (χ1n) is 6.62. The van der Waals surface area contributed by atoms with Crippen LogP contribution in [0.15, 0.2) is 12.2 Å². The van der Waals surface area contributed by atoms with E-state index in [1.807, 2.05) is 0 Å². The molecule has 0 unspecified atom stereocenters. The van der Waals surface area contributed by atoms with Crippen LogP contribution in [-0.4, -0.2) is 66.0 Å². The van der Waals surface area contributed by atoms with E-state index in [4.69, 9.17) is 31.0 Å². The Morgan fingerprint density at radius 2 is 1.45 bits per heavy atom. The van der Waals surface area contributed by atoms with E-state index in [9.17, 15) is 4.79 Å². The van der Waals surface area contributed by atoms with Crippen molar-refractivity contribution in [1.29, 1.82) is 0 Å². The maximum atomic E-state index is 11.3. The highest BCUT2D eigenvalue weighted by Crippen LogP contribution is 2.23. The monoisotopic (exact) mass is 354 g/mol. The van der Waals surface area contributed by atoms with Gasteiger partial charge in [0.15, 0.2) is 0 Å². The molecule has 0 spiro atoms. The summed E-state index contributed by atoms with van der Waals surface area (Å²) in [5, 5.41) is 0. The van der Waals surface area contributed by atoms with Crippen LogP contribution in [-0.2, 0) is 35.8 Å². The minimum Gasteiger partial charge on any atom is -0.462 e. The zero-order chi connectivity index (χ0) is 17.2. The second-order valence-electron chi connectivity index (χ2n) is 4.33. The van der Waals surface area contributed by atoms with Crippen molar-refractivity contribution in [3.05, 3.63) is 12.2 Å². The van der Waals surface area contributed by atoms with Crippen LogP contribution in [0.1, 0.15) is 13.3 Å². The van der Waals surface area contributed by atoms with Gasteiger partial charge in [-0.3, -0.25) is 0 Å². The standard InChI is InChI=1S/C12H26O8Si2/c1-11(2)12(13)19-9-8-10-21(14-3,15-4)20-22(16-5,17-6)18-7/h1,8-10H2,2-7H3. The maximum absolute atomic E-state index is 11.3. The minimum atomic E-state index is -3.30. The molecule has 0 aromatic rings. The van der Waals surface area contributed by atoms with E-state index in [-0.39, 0.29) is 6.61 Å². The Hall–Kier alpha value is -0.596. The normalized spacial score (nSPS) is 12.3. The smallest absolute Gasteiger partial charge is 0.462 e. The van der Waals surface area contributed by atoms with E-state index >= 15 is 0 Å². The Bertz CT molecular complexity index is 347. The molecular weight excluding hydrogens is 328 g/mol. The summed E-state index contributed by atoms with van der Waals surface area (Å²) < 4.78 is 37.4. The zero-order valence-corrected chi connectivity index (χ0v) is 16.1. The third kappa shape index (κ3) is 6.26. The molecule has 0 aliphatic rings. The Morgan fingerprint density at radius 3 is 1.82 bits per heavy atom. The molecule has 0 aromatic carbocycles. The number of carbonyl (C=O) groups is 1.